The number of rotatable bonds is 7. The van der Waals surface area contributed by atoms with Gasteiger partial charge < -0.3 is 13.9 Å². The Morgan fingerprint density at radius 2 is 1.70 bits per heavy atom. The molecule has 0 amide bonds. The molecule has 138 valence electrons. The number of benzene rings is 2. The Hall–Kier alpha value is -3.48. The van der Waals surface area contributed by atoms with Gasteiger partial charge >= 0.3 is 5.97 Å². The fraction of sp³-hybridized carbons (Fsp3) is 0.100. The van der Waals surface area contributed by atoms with E-state index in [4.69, 9.17) is 13.9 Å². The van der Waals surface area contributed by atoms with Gasteiger partial charge in [0.1, 0.15) is 18.1 Å². The fourth-order valence-electron chi connectivity index (χ4n) is 2.19. The number of ketones is 1. The minimum absolute atomic E-state index is 0.0975. The molecule has 7 heteroatoms. The molecule has 0 saturated carbocycles. The van der Waals surface area contributed by atoms with Crippen LogP contribution in [-0.2, 0) is 11.3 Å². The van der Waals surface area contributed by atoms with Crippen molar-refractivity contribution in [3.8, 4) is 5.75 Å². The van der Waals surface area contributed by atoms with Crippen LogP contribution in [0.4, 0.5) is 8.78 Å². The molecule has 1 heterocycles. The van der Waals surface area contributed by atoms with E-state index in [1.54, 1.807) is 18.2 Å². The van der Waals surface area contributed by atoms with Crippen molar-refractivity contribution >= 4 is 11.8 Å². The normalized spacial score (nSPS) is 10.4. The van der Waals surface area contributed by atoms with Gasteiger partial charge in [0, 0.05) is 5.56 Å². The molecule has 0 aliphatic carbocycles. The van der Waals surface area contributed by atoms with Crippen LogP contribution in [0.15, 0.2) is 65.1 Å². The van der Waals surface area contributed by atoms with E-state index in [-0.39, 0.29) is 17.9 Å². The molecular weight excluding hydrogens is 358 g/mol. The lowest BCUT2D eigenvalue weighted by Crippen LogP contribution is -2.14. The molecule has 0 spiro atoms. The van der Waals surface area contributed by atoms with Crippen LogP contribution in [0.3, 0.4) is 0 Å². The maximum Gasteiger partial charge on any atom is 0.374 e. The van der Waals surface area contributed by atoms with Crippen molar-refractivity contribution in [3.05, 3.63) is 89.4 Å². The molecule has 0 aliphatic rings. The van der Waals surface area contributed by atoms with Crippen LogP contribution < -0.4 is 4.74 Å². The number of halogens is 2. The van der Waals surface area contributed by atoms with Crippen molar-refractivity contribution in [3.63, 3.8) is 0 Å². The van der Waals surface area contributed by atoms with Crippen LogP contribution in [0.2, 0.25) is 0 Å². The van der Waals surface area contributed by atoms with Crippen molar-refractivity contribution < 1.29 is 32.3 Å². The highest BCUT2D eigenvalue weighted by atomic mass is 19.2. The number of para-hydroxylation sites is 1. The molecule has 0 unspecified atom stereocenters. The van der Waals surface area contributed by atoms with Gasteiger partial charge in [0.2, 0.25) is 5.76 Å². The van der Waals surface area contributed by atoms with E-state index in [0.29, 0.717) is 11.5 Å². The number of hydrogen-bond donors (Lipinski definition) is 0. The van der Waals surface area contributed by atoms with E-state index in [1.165, 1.54) is 6.07 Å². The van der Waals surface area contributed by atoms with Crippen LogP contribution in [0, 0.1) is 11.6 Å². The zero-order valence-corrected chi connectivity index (χ0v) is 14.0. The second kappa shape index (κ2) is 8.27. The first-order valence-electron chi connectivity index (χ1n) is 7.95. The van der Waals surface area contributed by atoms with Crippen LogP contribution in [0.25, 0.3) is 0 Å². The Balaban J connectivity index is 1.53. The van der Waals surface area contributed by atoms with Gasteiger partial charge in [-0.05, 0) is 42.5 Å². The average Bonchev–Trinajstić information content (AvgIpc) is 3.16. The van der Waals surface area contributed by atoms with Crippen LogP contribution in [0.5, 0.6) is 5.75 Å². The minimum Gasteiger partial charge on any atom is -0.486 e. The van der Waals surface area contributed by atoms with E-state index in [1.807, 2.05) is 18.2 Å². The quantitative estimate of drug-likeness (QED) is 0.460. The number of carbonyl (C=O) groups excluding carboxylic acids is 2. The zero-order valence-electron chi connectivity index (χ0n) is 14.0. The summed E-state index contributed by atoms with van der Waals surface area (Å²) in [5.41, 5.74) is -0.0990. The molecule has 27 heavy (non-hydrogen) atoms. The first-order chi connectivity index (χ1) is 13.0. The predicted octanol–water partition coefficient (Wildman–Crippen LogP) is 4.18. The van der Waals surface area contributed by atoms with Gasteiger partial charge in [0.25, 0.3) is 0 Å². The van der Waals surface area contributed by atoms with Crippen LogP contribution in [0.1, 0.15) is 26.7 Å². The third-order valence-corrected chi connectivity index (χ3v) is 3.56. The highest BCUT2D eigenvalue weighted by molar-refractivity contribution is 5.98. The highest BCUT2D eigenvalue weighted by Gasteiger charge is 2.16. The van der Waals surface area contributed by atoms with Gasteiger partial charge in [0.15, 0.2) is 24.0 Å². The first-order valence-corrected chi connectivity index (χ1v) is 7.95. The summed E-state index contributed by atoms with van der Waals surface area (Å²) in [6.07, 6.45) is 0. The SMILES string of the molecule is O=C(COC(=O)c1ccc(COc2ccccc2)o1)c1ccc(F)c(F)c1. The van der Waals surface area contributed by atoms with Crippen molar-refractivity contribution in [2.45, 2.75) is 6.61 Å². The van der Waals surface area contributed by atoms with E-state index in [9.17, 15) is 18.4 Å². The Labute approximate surface area is 153 Å². The molecule has 0 atom stereocenters. The van der Waals surface area contributed by atoms with Gasteiger partial charge in [-0.1, -0.05) is 18.2 Å². The molecule has 5 nitrogen and oxygen atoms in total. The average molecular weight is 372 g/mol. The molecule has 0 N–H and O–H groups in total. The van der Waals surface area contributed by atoms with Gasteiger partial charge in [-0.2, -0.15) is 0 Å². The number of esters is 1. The van der Waals surface area contributed by atoms with Crippen molar-refractivity contribution in [1.29, 1.82) is 0 Å². The van der Waals surface area contributed by atoms with Gasteiger partial charge in [0.05, 0.1) is 0 Å². The fourth-order valence-corrected chi connectivity index (χ4v) is 2.19. The summed E-state index contributed by atoms with van der Waals surface area (Å²) in [7, 11) is 0. The third kappa shape index (κ3) is 4.78. The highest BCUT2D eigenvalue weighted by Crippen LogP contribution is 2.15. The standard InChI is InChI=1S/C20H14F2O5/c21-16-8-6-13(10-17(16)22)18(23)12-26-20(24)19-9-7-15(27-19)11-25-14-4-2-1-3-5-14/h1-10H,11-12H2. The largest absolute Gasteiger partial charge is 0.486 e. The maximum atomic E-state index is 13.1. The minimum atomic E-state index is -1.15. The third-order valence-electron chi connectivity index (χ3n) is 3.56. The lowest BCUT2D eigenvalue weighted by molar-refractivity contribution is 0.0440. The van der Waals surface area contributed by atoms with Crippen LogP contribution >= 0.6 is 0 Å². The predicted molar refractivity (Wildman–Crippen MR) is 90.5 cm³/mol. The summed E-state index contributed by atoms with van der Waals surface area (Å²) in [5, 5.41) is 0. The number of Topliss-reactive ketones (excluding diaryl/α,β-unsaturated/α-hetero) is 1. The van der Waals surface area contributed by atoms with Crippen LogP contribution in [-0.4, -0.2) is 18.4 Å². The van der Waals surface area contributed by atoms with Crippen molar-refractivity contribution in [2.24, 2.45) is 0 Å². The number of furan rings is 1. The lowest BCUT2D eigenvalue weighted by atomic mass is 10.1. The van der Waals surface area contributed by atoms with E-state index in [0.717, 1.165) is 18.2 Å². The maximum absolute atomic E-state index is 13.1. The molecule has 0 aliphatic heterocycles. The number of hydrogen-bond acceptors (Lipinski definition) is 5. The molecular formula is C20H14F2O5. The molecule has 3 rings (SSSR count). The number of ether oxygens (including phenoxy) is 2. The zero-order chi connectivity index (χ0) is 19.2. The molecule has 0 saturated heterocycles. The Morgan fingerprint density at radius 3 is 2.44 bits per heavy atom. The van der Waals surface area contributed by atoms with E-state index < -0.39 is 30.0 Å². The molecule has 2 aromatic carbocycles. The van der Waals surface area contributed by atoms with Gasteiger partial charge in [-0.15, -0.1) is 0 Å². The van der Waals surface area contributed by atoms with Gasteiger partial charge in [-0.3, -0.25) is 4.79 Å². The van der Waals surface area contributed by atoms with Gasteiger partial charge in [-0.25, -0.2) is 13.6 Å². The second-order valence-corrected chi connectivity index (χ2v) is 5.50. The monoisotopic (exact) mass is 372 g/mol. The Morgan fingerprint density at radius 1 is 0.926 bits per heavy atom. The lowest BCUT2D eigenvalue weighted by Gasteiger charge is -2.04. The topological polar surface area (TPSA) is 65.7 Å². The summed E-state index contributed by atoms with van der Waals surface area (Å²) in [6.45, 7) is -0.508. The molecule has 0 bridgehead atoms. The van der Waals surface area contributed by atoms with Crippen molar-refractivity contribution in [1.82, 2.24) is 0 Å². The second-order valence-electron chi connectivity index (χ2n) is 5.50. The van der Waals surface area contributed by atoms with E-state index in [2.05, 4.69) is 0 Å². The molecule has 1 aromatic heterocycles. The molecule has 0 fully saturated rings. The molecule has 0 radical (unpaired) electrons. The first kappa shape index (κ1) is 18.3. The summed E-state index contributed by atoms with van der Waals surface area (Å²) in [5.74, 6) is -2.78. The summed E-state index contributed by atoms with van der Waals surface area (Å²) in [4.78, 5) is 23.8. The summed E-state index contributed by atoms with van der Waals surface area (Å²) in [6, 6.07) is 14.7. The summed E-state index contributed by atoms with van der Waals surface area (Å²) < 4.78 is 41.7. The summed E-state index contributed by atoms with van der Waals surface area (Å²) >= 11 is 0. The number of carbonyl (C=O) groups is 2. The van der Waals surface area contributed by atoms with Crippen molar-refractivity contribution in [2.75, 3.05) is 6.61 Å². The Kier molecular flexibility index (Phi) is 5.61. The Bertz CT molecular complexity index is 950. The smallest absolute Gasteiger partial charge is 0.374 e. The molecule has 3 aromatic rings. The van der Waals surface area contributed by atoms with E-state index >= 15 is 0 Å².